The van der Waals surface area contributed by atoms with Crippen LogP contribution >= 0.6 is 27.3 Å². The number of aryl methyl sites for hydroxylation is 1. The molecule has 1 unspecified atom stereocenters. The first kappa shape index (κ1) is 13.8. The Kier molecular flexibility index (Phi) is 4.98. The maximum atomic E-state index is 3.62. The molecule has 2 rings (SSSR count). The van der Waals surface area contributed by atoms with Crippen molar-refractivity contribution in [1.29, 1.82) is 0 Å². The molecule has 1 atom stereocenters. The zero-order valence-electron chi connectivity index (χ0n) is 10.7. The van der Waals surface area contributed by atoms with E-state index in [9.17, 15) is 0 Å². The van der Waals surface area contributed by atoms with E-state index >= 15 is 0 Å². The number of nitrogens with one attached hydrogen (secondary N) is 1. The van der Waals surface area contributed by atoms with E-state index in [2.05, 4.69) is 71.5 Å². The van der Waals surface area contributed by atoms with E-state index in [1.165, 1.54) is 19.8 Å². The van der Waals surface area contributed by atoms with Crippen molar-refractivity contribution in [2.75, 3.05) is 0 Å². The van der Waals surface area contributed by atoms with E-state index in [1.54, 1.807) is 11.3 Å². The summed E-state index contributed by atoms with van der Waals surface area (Å²) in [6, 6.07) is 13.5. The minimum atomic E-state index is 0.437. The summed E-state index contributed by atoms with van der Waals surface area (Å²) >= 11 is 5.29. The minimum Gasteiger partial charge on any atom is -0.305 e. The number of thiophene rings is 1. The minimum absolute atomic E-state index is 0.437. The first-order chi connectivity index (χ1) is 8.69. The van der Waals surface area contributed by atoms with Gasteiger partial charge < -0.3 is 5.32 Å². The van der Waals surface area contributed by atoms with Crippen LogP contribution in [0.2, 0.25) is 0 Å². The Balaban J connectivity index is 1.99. The second-order valence-corrected chi connectivity index (χ2v) is 7.01. The van der Waals surface area contributed by atoms with E-state index in [0.717, 1.165) is 13.0 Å². The lowest BCUT2D eigenvalue weighted by Crippen LogP contribution is -2.19. The van der Waals surface area contributed by atoms with E-state index in [1.807, 2.05) is 0 Å². The summed E-state index contributed by atoms with van der Waals surface area (Å²) in [4.78, 5) is 1.37. The van der Waals surface area contributed by atoms with Gasteiger partial charge in [-0.2, -0.15) is 0 Å². The van der Waals surface area contributed by atoms with Crippen LogP contribution < -0.4 is 5.32 Å². The second-order valence-electron chi connectivity index (χ2n) is 4.46. The van der Waals surface area contributed by atoms with Gasteiger partial charge in [-0.3, -0.25) is 0 Å². The van der Waals surface area contributed by atoms with Crippen molar-refractivity contribution in [2.24, 2.45) is 0 Å². The molecule has 0 aliphatic carbocycles. The van der Waals surface area contributed by atoms with E-state index in [0.29, 0.717) is 6.04 Å². The highest BCUT2D eigenvalue weighted by Gasteiger charge is 2.08. The molecule has 0 saturated heterocycles. The summed E-state index contributed by atoms with van der Waals surface area (Å²) in [6.45, 7) is 5.28. The fourth-order valence-electron chi connectivity index (χ4n) is 1.97. The highest BCUT2D eigenvalue weighted by molar-refractivity contribution is 9.11. The maximum absolute atomic E-state index is 3.62. The third kappa shape index (κ3) is 3.67. The van der Waals surface area contributed by atoms with Crippen LogP contribution in [0.1, 0.15) is 35.4 Å². The largest absolute Gasteiger partial charge is 0.305 e. The fourth-order valence-corrected chi connectivity index (χ4v) is 3.40. The monoisotopic (exact) mass is 323 g/mol. The molecule has 0 aliphatic heterocycles. The van der Waals surface area contributed by atoms with Crippen LogP contribution in [0.25, 0.3) is 0 Å². The number of halogens is 1. The van der Waals surface area contributed by atoms with Crippen molar-refractivity contribution in [3.63, 3.8) is 0 Å². The van der Waals surface area contributed by atoms with Gasteiger partial charge in [0.05, 0.1) is 3.79 Å². The van der Waals surface area contributed by atoms with Crippen LogP contribution in [0, 0.1) is 6.92 Å². The Morgan fingerprint density at radius 1 is 1.17 bits per heavy atom. The Morgan fingerprint density at radius 2 is 1.89 bits per heavy atom. The number of hydrogen-bond acceptors (Lipinski definition) is 2. The van der Waals surface area contributed by atoms with Crippen LogP contribution in [-0.2, 0) is 6.54 Å². The van der Waals surface area contributed by atoms with E-state index in [-0.39, 0.29) is 0 Å². The molecule has 0 amide bonds. The summed E-state index contributed by atoms with van der Waals surface area (Å²) in [6.07, 6.45) is 1.11. The van der Waals surface area contributed by atoms with Gasteiger partial charge in [0.15, 0.2) is 0 Å². The lowest BCUT2D eigenvalue weighted by molar-refractivity contribution is 0.522. The smallest absolute Gasteiger partial charge is 0.0701 e. The standard InChI is InChI=1S/C15H18BrNS/c1-3-14(12-6-4-11(2)5-7-12)17-10-13-8-9-15(16)18-13/h4-9,14,17H,3,10H2,1-2H3. The molecule has 2 aromatic rings. The molecular formula is C15H18BrNS. The molecule has 0 fully saturated rings. The van der Waals surface area contributed by atoms with Gasteiger partial charge in [0.1, 0.15) is 0 Å². The molecular weight excluding hydrogens is 306 g/mol. The third-order valence-electron chi connectivity index (χ3n) is 3.04. The first-order valence-corrected chi connectivity index (χ1v) is 7.84. The van der Waals surface area contributed by atoms with Crippen molar-refractivity contribution in [2.45, 2.75) is 32.9 Å². The summed E-state index contributed by atoms with van der Waals surface area (Å²) in [5, 5.41) is 3.62. The predicted molar refractivity (Wildman–Crippen MR) is 83.1 cm³/mol. The quantitative estimate of drug-likeness (QED) is 0.810. The lowest BCUT2D eigenvalue weighted by Gasteiger charge is -2.17. The van der Waals surface area contributed by atoms with Crippen LogP contribution in [0.15, 0.2) is 40.2 Å². The fraction of sp³-hybridized carbons (Fsp3) is 0.333. The topological polar surface area (TPSA) is 12.0 Å². The van der Waals surface area contributed by atoms with E-state index in [4.69, 9.17) is 0 Å². The van der Waals surface area contributed by atoms with Gasteiger partial charge in [-0.1, -0.05) is 36.8 Å². The summed E-state index contributed by atoms with van der Waals surface area (Å²) < 4.78 is 1.20. The molecule has 0 bridgehead atoms. The highest BCUT2D eigenvalue weighted by Crippen LogP contribution is 2.23. The second kappa shape index (κ2) is 6.50. The molecule has 1 N–H and O–H groups in total. The Morgan fingerprint density at radius 3 is 2.44 bits per heavy atom. The zero-order chi connectivity index (χ0) is 13.0. The average Bonchev–Trinajstić information content (AvgIpc) is 2.78. The number of hydrogen-bond donors (Lipinski definition) is 1. The lowest BCUT2D eigenvalue weighted by atomic mass is 10.0. The highest BCUT2D eigenvalue weighted by atomic mass is 79.9. The third-order valence-corrected chi connectivity index (χ3v) is 4.66. The number of rotatable bonds is 5. The zero-order valence-corrected chi connectivity index (χ0v) is 13.1. The van der Waals surface area contributed by atoms with E-state index < -0.39 is 0 Å². The van der Waals surface area contributed by atoms with Gasteiger partial charge in [-0.25, -0.2) is 0 Å². The Hall–Kier alpha value is -0.640. The molecule has 1 aromatic heterocycles. The molecule has 0 saturated carbocycles. The van der Waals surface area contributed by atoms with Gasteiger partial charge in [-0.15, -0.1) is 11.3 Å². The normalized spacial score (nSPS) is 12.6. The average molecular weight is 324 g/mol. The van der Waals surface area contributed by atoms with Crippen LogP contribution in [-0.4, -0.2) is 0 Å². The van der Waals surface area contributed by atoms with Gasteiger partial charge >= 0.3 is 0 Å². The van der Waals surface area contributed by atoms with Gasteiger partial charge in [0.25, 0.3) is 0 Å². The van der Waals surface area contributed by atoms with Gasteiger partial charge in [0, 0.05) is 17.5 Å². The number of benzene rings is 1. The summed E-state index contributed by atoms with van der Waals surface area (Å²) in [7, 11) is 0. The SMILES string of the molecule is CCC(NCc1ccc(Br)s1)c1ccc(C)cc1. The molecule has 3 heteroatoms. The molecule has 96 valence electrons. The van der Waals surface area contributed by atoms with Crippen molar-refractivity contribution >= 4 is 27.3 Å². The molecule has 1 nitrogen and oxygen atoms in total. The van der Waals surface area contributed by atoms with Crippen molar-refractivity contribution in [1.82, 2.24) is 5.32 Å². The van der Waals surface area contributed by atoms with Crippen molar-refractivity contribution in [3.8, 4) is 0 Å². The summed E-state index contributed by atoms with van der Waals surface area (Å²) in [5.41, 5.74) is 2.69. The molecule has 1 aromatic carbocycles. The molecule has 1 heterocycles. The molecule has 0 radical (unpaired) electrons. The Labute approximate surface area is 121 Å². The molecule has 18 heavy (non-hydrogen) atoms. The van der Waals surface area contributed by atoms with Gasteiger partial charge in [0.2, 0.25) is 0 Å². The van der Waals surface area contributed by atoms with Crippen LogP contribution in [0.3, 0.4) is 0 Å². The predicted octanol–water partition coefficient (Wildman–Crippen LogP) is 5.06. The maximum Gasteiger partial charge on any atom is 0.0701 e. The molecule has 0 aliphatic rings. The van der Waals surface area contributed by atoms with Crippen molar-refractivity contribution < 1.29 is 0 Å². The molecule has 0 spiro atoms. The first-order valence-electron chi connectivity index (χ1n) is 6.23. The van der Waals surface area contributed by atoms with Gasteiger partial charge in [-0.05, 0) is 47.0 Å². The van der Waals surface area contributed by atoms with Crippen LogP contribution in [0.4, 0.5) is 0 Å². The van der Waals surface area contributed by atoms with Crippen LogP contribution in [0.5, 0.6) is 0 Å². The van der Waals surface area contributed by atoms with Crippen molar-refractivity contribution in [3.05, 3.63) is 56.2 Å². The summed E-state index contributed by atoms with van der Waals surface area (Å²) in [5.74, 6) is 0. The Bertz CT molecular complexity index is 489.